The Kier molecular flexibility index (Phi) is 5.99. The van der Waals surface area contributed by atoms with Crippen molar-refractivity contribution in [2.75, 3.05) is 25.6 Å². The first-order chi connectivity index (χ1) is 8.26. The number of hydrogen-bond donors (Lipinski definition) is 1. The van der Waals surface area contributed by atoms with Crippen LogP contribution in [0.2, 0.25) is 0 Å². The predicted molar refractivity (Wildman–Crippen MR) is 66.8 cm³/mol. The molecule has 1 N–H and O–H groups in total. The van der Waals surface area contributed by atoms with Crippen LogP contribution >= 0.6 is 0 Å². The quantitative estimate of drug-likeness (QED) is 0.580. The van der Waals surface area contributed by atoms with E-state index < -0.39 is 0 Å². The standard InChI is InChI=1S/C13H17NO3/c1-3-13(15)14-12-6-4-5-11(9-12)10-17-8-7-16-2/h3-6,9H,1,7-8,10H2,2H3,(H,14,15). The van der Waals surface area contributed by atoms with Crippen LogP contribution in [-0.4, -0.2) is 26.2 Å². The minimum Gasteiger partial charge on any atom is -0.382 e. The van der Waals surface area contributed by atoms with Gasteiger partial charge in [0, 0.05) is 12.8 Å². The maximum absolute atomic E-state index is 11.1. The molecule has 0 spiro atoms. The van der Waals surface area contributed by atoms with E-state index in [2.05, 4.69) is 11.9 Å². The molecule has 4 heteroatoms. The summed E-state index contributed by atoms with van der Waals surface area (Å²) in [5.74, 6) is -0.220. The molecule has 0 saturated heterocycles. The molecule has 17 heavy (non-hydrogen) atoms. The molecule has 4 nitrogen and oxygen atoms in total. The van der Waals surface area contributed by atoms with Gasteiger partial charge in [-0.15, -0.1) is 0 Å². The fourth-order valence-corrected chi connectivity index (χ4v) is 1.26. The molecule has 1 amide bonds. The summed E-state index contributed by atoms with van der Waals surface area (Å²) in [5, 5.41) is 2.70. The van der Waals surface area contributed by atoms with Crippen molar-refractivity contribution in [2.24, 2.45) is 0 Å². The van der Waals surface area contributed by atoms with Gasteiger partial charge in [-0.1, -0.05) is 18.7 Å². The van der Waals surface area contributed by atoms with E-state index in [-0.39, 0.29) is 5.91 Å². The zero-order valence-electron chi connectivity index (χ0n) is 9.94. The van der Waals surface area contributed by atoms with E-state index in [0.717, 1.165) is 11.3 Å². The second-order valence-electron chi connectivity index (χ2n) is 3.44. The molecule has 1 aromatic rings. The van der Waals surface area contributed by atoms with Crippen molar-refractivity contribution >= 4 is 11.6 Å². The van der Waals surface area contributed by atoms with Crippen LogP contribution in [0.3, 0.4) is 0 Å². The van der Waals surface area contributed by atoms with Gasteiger partial charge in [0.1, 0.15) is 0 Å². The lowest BCUT2D eigenvalue weighted by molar-refractivity contribution is -0.111. The Morgan fingerprint density at radius 2 is 2.29 bits per heavy atom. The minimum absolute atomic E-state index is 0.220. The highest BCUT2D eigenvalue weighted by molar-refractivity contribution is 5.98. The van der Waals surface area contributed by atoms with Crippen molar-refractivity contribution in [1.29, 1.82) is 0 Å². The number of carbonyl (C=O) groups excluding carboxylic acids is 1. The van der Waals surface area contributed by atoms with Crippen LogP contribution in [0.1, 0.15) is 5.56 Å². The number of amides is 1. The maximum atomic E-state index is 11.1. The van der Waals surface area contributed by atoms with E-state index in [1.807, 2.05) is 24.3 Å². The number of rotatable bonds is 7. The molecular weight excluding hydrogens is 218 g/mol. The summed E-state index contributed by atoms with van der Waals surface area (Å²) < 4.78 is 10.3. The number of carbonyl (C=O) groups is 1. The Hall–Kier alpha value is -1.65. The molecule has 0 aromatic heterocycles. The third kappa shape index (κ3) is 5.29. The first-order valence-electron chi connectivity index (χ1n) is 5.35. The molecule has 1 rings (SSSR count). The monoisotopic (exact) mass is 235 g/mol. The largest absolute Gasteiger partial charge is 0.382 e. The van der Waals surface area contributed by atoms with Gasteiger partial charge in [-0.05, 0) is 23.8 Å². The lowest BCUT2D eigenvalue weighted by Crippen LogP contribution is -2.07. The van der Waals surface area contributed by atoms with Crippen LogP contribution in [0.25, 0.3) is 0 Å². The Balaban J connectivity index is 2.47. The number of methoxy groups -OCH3 is 1. The highest BCUT2D eigenvalue weighted by atomic mass is 16.5. The Bertz CT molecular complexity index is 377. The van der Waals surface area contributed by atoms with E-state index in [4.69, 9.17) is 9.47 Å². The highest BCUT2D eigenvalue weighted by Gasteiger charge is 1.99. The first-order valence-corrected chi connectivity index (χ1v) is 5.35. The Morgan fingerprint density at radius 3 is 3.00 bits per heavy atom. The zero-order chi connectivity index (χ0) is 12.5. The van der Waals surface area contributed by atoms with Gasteiger partial charge in [-0.25, -0.2) is 0 Å². The molecule has 0 aliphatic carbocycles. The molecular formula is C13H17NO3. The average Bonchev–Trinajstić information content (AvgIpc) is 2.35. The third-order valence-corrected chi connectivity index (χ3v) is 2.08. The fourth-order valence-electron chi connectivity index (χ4n) is 1.26. The van der Waals surface area contributed by atoms with E-state index >= 15 is 0 Å². The topological polar surface area (TPSA) is 47.6 Å². The number of benzene rings is 1. The maximum Gasteiger partial charge on any atom is 0.247 e. The summed E-state index contributed by atoms with van der Waals surface area (Å²) in [7, 11) is 1.63. The van der Waals surface area contributed by atoms with E-state index in [9.17, 15) is 4.79 Å². The van der Waals surface area contributed by atoms with Gasteiger partial charge in [0.15, 0.2) is 0 Å². The average molecular weight is 235 g/mol. The summed E-state index contributed by atoms with van der Waals surface area (Å²) in [6.45, 7) is 5.03. The van der Waals surface area contributed by atoms with Gasteiger partial charge < -0.3 is 14.8 Å². The van der Waals surface area contributed by atoms with Crippen molar-refractivity contribution in [3.8, 4) is 0 Å². The molecule has 0 radical (unpaired) electrons. The molecule has 0 saturated carbocycles. The van der Waals surface area contributed by atoms with Crippen molar-refractivity contribution in [3.05, 3.63) is 42.5 Å². The van der Waals surface area contributed by atoms with Crippen molar-refractivity contribution in [1.82, 2.24) is 0 Å². The van der Waals surface area contributed by atoms with Gasteiger partial charge in [0.2, 0.25) is 5.91 Å². The van der Waals surface area contributed by atoms with Crippen LogP contribution < -0.4 is 5.32 Å². The van der Waals surface area contributed by atoms with Gasteiger partial charge in [0.05, 0.1) is 19.8 Å². The van der Waals surface area contributed by atoms with Gasteiger partial charge >= 0.3 is 0 Å². The SMILES string of the molecule is C=CC(=O)Nc1cccc(COCCOC)c1. The van der Waals surface area contributed by atoms with Crippen LogP contribution in [0.15, 0.2) is 36.9 Å². The predicted octanol–water partition coefficient (Wildman–Crippen LogP) is 1.97. The molecule has 0 aliphatic heterocycles. The van der Waals surface area contributed by atoms with E-state index in [1.165, 1.54) is 6.08 Å². The lowest BCUT2D eigenvalue weighted by Gasteiger charge is -2.06. The fraction of sp³-hybridized carbons (Fsp3) is 0.308. The zero-order valence-corrected chi connectivity index (χ0v) is 9.94. The normalized spacial score (nSPS) is 9.94. The molecule has 0 unspecified atom stereocenters. The van der Waals surface area contributed by atoms with Gasteiger partial charge in [0.25, 0.3) is 0 Å². The first kappa shape index (κ1) is 13.4. The number of nitrogens with one attached hydrogen (secondary N) is 1. The van der Waals surface area contributed by atoms with Gasteiger partial charge in [-0.3, -0.25) is 4.79 Å². The molecule has 0 heterocycles. The second kappa shape index (κ2) is 7.60. The highest BCUT2D eigenvalue weighted by Crippen LogP contribution is 2.11. The molecule has 0 fully saturated rings. The van der Waals surface area contributed by atoms with Crippen molar-refractivity contribution in [2.45, 2.75) is 6.61 Å². The second-order valence-corrected chi connectivity index (χ2v) is 3.44. The van der Waals surface area contributed by atoms with E-state index in [1.54, 1.807) is 7.11 Å². The summed E-state index contributed by atoms with van der Waals surface area (Å²) in [4.78, 5) is 11.1. The molecule has 0 atom stereocenters. The molecule has 1 aromatic carbocycles. The lowest BCUT2D eigenvalue weighted by atomic mass is 10.2. The number of anilines is 1. The number of ether oxygens (including phenoxy) is 2. The third-order valence-electron chi connectivity index (χ3n) is 2.08. The molecule has 0 bridgehead atoms. The Morgan fingerprint density at radius 1 is 1.47 bits per heavy atom. The minimum atomic E-state index is -0.220. The van der Waals surface area contributed by atoms with Crippen molar-refractivity contribution in [3.63, 3.8) is 0 Å². The van der Waals surface area contributed by atoms with Crippen LogP contribution in [0.4, 0.5) is 5.69 Å². The summed E-state index contributed by atoms with van der Waals surface area (Å²) in [5.41, 5.74) is 1.74. The molecule has 92 valence electrons. The number of hydrogen-bond acceptors (Lipinski definition) is 3. The van der Waals surface area contributed by atoms with Crippen LogP contribution in [0.5, 0.6) is 0 Å². The van der Waals surface area contributed by atoms with Gasteiger partial charge in [-0.2, -0.15) is 0 Å². The van der Waals surface area contributed by atoms with Crippen LogP contribution in [0, 0.1) is 0 Å². The smallest absolute Gasteiger partial charge is 0.247 e. The summed E-state index contributed by atoms with van der Waals surface area (Å²) >= 11 is 0. The van der Waals surface area contributed by atoms with Crippen LogP contribution in [-0.2, 0) is 20.9 Å². The summed E-state index contributed by atoms with van der Waals surface area (Å²) in [6, 6.07) is 7.50. The molecule has 0 aliphatic rings. The van der Waals surface area contributed by atoms with Crippen molar-refractivity contribution < 1.29 is 14.3 Å². The Labute approximate surface area is 101 Å². The summed E-state index contributed by atoms with van der Waals surface area (Å²) in [6.07, 6.45) is 1.24. The van der Waals surface area contributed by atoms with E-state index in [0.29, 0.717) is 19.8 Å².